The number of rotatable bonds is 9. The standard InChI is InChI=1S/C22H29N5O3.C8H10N2O2.C8H12N2O/c1-21(2,3)26-19-18-14(7-9-27(10-11-28)20(18)29)12-17(25-19)24-16-13-15(6-8-23-16)22(4,5)30;1-2-12-8(11)6-3-4-10-7(9)5-6;1-8(2,11)6-3-4-10-7(9)5-6/h6-9,12-13,28,30H,10-11H2,1-5H3,(H2,23,24,25,26);3-5H,2H2,1H3,(H2,9,10);3-5,11H,1-2H3,(H2,9,10). The molecule has 5 aromatic rings. The minimum Gasteiger partial charge on any atom is -0.462 e. The van der Waals surface area contributed by atoms with Gasteiger partial charge in [0.05, 0.1) is 35.4 Å². The number of hydrogen-bond acceptors (Lipinski definition) is 14. The van der Waals surface area contributed by atoms with E-state index < -0.39 is 11.2 Å². The lowest BCUT2D eigenvalue weighted by Gasteiger charge is -2.23. The highest BCUT2D eigenvalue weighted by Crippen LogP contribution is 2.27. The molecule has 284 valence electrons. The quantitative estimate of drug-likeness (QED) is 0.102. The molecule has 53 heavy (non-hydrogen) atoms. The number of fused-ring (bicyclic) bond motifs is 1. The Balaban J connectivity index is 0.000000268. The molecule has 0 aliphatic rings. The average Bonchev–Trinajstić information content (AvgIpc) is 3.05. The van der Waals surface area contributed by atoms with Gasteiger partial charge >= 0.3 is 5.97 Å². The van der Waals surface area contributed by atoms with Gasteiger partial charge in [0.25, 0.3) is 5.56 Å². The summed E-state index contributed by atoms with van der Waals surface area (Å²) in [6.45, 7) is 15.0. The summed E-state index contributed by atoms with van der Waals surface area (Å²) in [6, 6.07) is 13.6. The first-order valence-corrected chi connectivity index (χ1v) is 16.9. The van der Waals surface area contributed by atoms with Crippen LogP contribution >= 0.6 is 0 Å². The lowest BCUT2D eigenvalue weighted by molar-refractivity contribution is 0.0526. The fourth-order valence-corrected chi connectivity index (χ4v) is 4.73. The Labute approximate surface area is 309 Å². The van der Waals surface area contributed by atoms with E-state index in [0.29, 0.717) is 46.6 Å². The first-order valence-electron chi connectivity index (χ1n) is 16.9. The van der Waals surface area contributed by atoms with Gasteiger partial charge in [-0.25, -0.2) is 24.7 Å². The van der Waals surface area contributed by atoms with Crippen LogP contribution in [-0.4, -0.2) is 64.5 Å². The Bertz CT molecular complexity index is 2050. The highest BCUT2D eigenvalue weighted by atomic mass is 16.5. The summed E-state index contributed by atoms with van der Waals surface area (Å²) in [5.74, 6) is 1.90. The number of nitrogen functional groups attached to an aromatic ring is 2. The third-order valence-corrected chi connectivity index (χ3v) is 7.30. The zero-order valence-electron chi connectivity index (χ0n) is 31.5. The molecule has 0 unspecified atom stereocenters. The van der Waals surface area contributed by atoms with Crippen LogP contribution in [0.5, 0.6) is 0 Å². The molecular weight excluding hydrogens is 678 g/mol. The molecular formula is C38H51N9O6. The SMILES string of the molecule is CC(C)(C)Nc1nc(Nc2cc(C(C)(C)O)ccn2)cc2ccn(CCO)c(=O)c12.CC(C)(O)c1ccnc(N)c1.CCOC(=O)c1ccnc(N)c1. The van der Waals surface area contributed by atoms with E-state index in [9.17, 15) is 24.9 Å². The number of aliphatic hydroxyl groups excluding tert-OH is 1. The van der Waals surface area contributed by atoms with Crippen LogP contribution in [0.1, 0.15) is 76.9 Å². The Morgan fingerprint density at radius 3 is 1.94 bits per heavy atom. The number of aromatic nitrogens is 5. The number of nitrogens with two attached hydrogens (primary N) is 2. The van der Waals surface area contributed by atoms with Crippen LogP contribution in [0.2, 0.25) is 0 Å². The molecule has 0 radical (unpaired) electrons. The van der Waals surface area contributed by atoms with Crippen LogP contribution in [-0.2, 0) is 22.5 Å². The van der Waals surface area contributed by atoms with E-state index in [0.717, 1.165) is 16.5 Å². The number of aliphatic hydroxyl groups is 3. The van der Waals surface area contributed by atoms with Crippen molar-refractivity contribution in [1.82, 2.24) is 24.5 Å². The van der Waals surface area contributed by atoms with Gasteiger partial charge < -0.3 is 46.7 Å². The summed E-state index contributed by atoms with van der Waals surface area (Å²) >= 11 is 0. The van der Waals surface area contributed by atoms with E-state index in [1.807, 2.05) is 26.8 Å². The number of carbonyl (C=O) groups is 1. The Morgan fingerprint density at radius 2 is 1.42 bits per heavy atom. The van der Waals surface area contributed by atoms with Gasteiger partial charge in [-0.3, -0.25) is 4.79 Å². The van der Waals surface area contributed by atoms with Gasteiger partial charge in [-0.1, -0.05) is 0 Å². The molecule has 0 amide bonds. The van der Waals surface area contributed by atoms with E-state index in [4.69, 9.17) is 16.2 Å². The van der Waals surface area contributed by atoms with Gasteiger partial charge in [0, 0.05) is 36.9 Å². The van der Waals surface area contributed by atoms with Crippen molar-refractivity contribution in [2.75, 3.05) is 35.3 Å². The van der Waals surface area contributed by atoms with Crippen LogP contribution in [0.4, 0.5) is 29.1 Å². The summed E-state index contributed by atoms with van der Waals surface area (Å²) in [5, 5.41) is 36.7. The predicted octanol–water partition coefficient (Wildman–Crippen LogP) is 4.70. The van der Waals surface area contributed by atoms with Crippen molar-refractivity contribution in [3.63, 3.8) is 0 Å². The summed E-state index contributed by atoms with van der Waals surface area (Å²) in [6.07, 6.45) is 6.35. The van der Waals surface area contributed by atoms with E-state index in [-0.39, 0.29) is 30.2 Å². The zero-order valence-corrected chi connectivity index (χ0v) is 31.5. The molecule has 5 aromatic heterocycles. The molecule has 9 N–H and O–H groups in total. The van der Waals surface area contributed by atoms with Crippen LogP contribution in [0.25, 0.3) is 10.8 Å². The maximum absolute atomic E-state index is 13.0. The fourth-order valence-electron chi connectivity index (χ4n) is 4.73. The monoisotopic (exact) mass is 729 g/mol. The lowest BCUT2D eigenvalue weighted by atomic mass is 10.00. The van der Waals surface area contributed by atoms with Gasteiger partial charge in [-0.2, -0.15) is 0 Å². The number of anilines is 5. The number of pyridine rings is 5. The first-order chi connectivity index (χ1) is 24.7. The molecule has 0 saturated carbocycles. The van der Waals surface area contributed by atoms with Crippen LogP contribution in [0, 0.1) is 0 Å². The van der Waals surface area contributed by atoms with Crippen molar-refractivity contribution in [1.29, 1.82) is 0 Å². The second-order valence-corrected chi connectivity index (χ2v) is 14.1. The van der Waals surface area contributed by atoms with Gasteiger partial charge in [-0.05, 0) is 120 Å². The third-order valence-electron chi connectivity index (χ3n) is 7.30. The van der Waals surface area contributed by atoms with Crippen LogP contribution in [0.3, 0.4) is 0 Å². The highest BCUT2D eigenvalue weighted by Gasteiger charge is 2.19. The summed E-state index contributed by atoms with van der Waals surface area (Å²) in [7, 11) is 0. The van der Waals surface area contributed by atoms with Crippen molar-refractivity contribution in [3.05, 3.63) is 100 Å². The number of ether oxygens (including phenoxy) is 1. The van der Waals surface area contributed by atoms with E-state index in [1.165, 1.54) is 16.8 Å². The second kappa shape index (κ2) is 17.7. The van der Waals surface area contributed by atoms with E-state index >= 15 is 0 Å². The maximum Gasteiger partial charge on any atom is 0.338 e. The molecule has 0 aromatic carbocycles. The summed E-state index contributed by atoms with van der Waals surface area (Å²) in [5.41, 5.74) is 10.4. The molecule has 0 saturated heterocycles. The molecule has 0 bridgehead atoms. The second-order valence-electron chi connectivity index (χ2n) is 14.1. The number of carbonyl (C=O) groups excluding carboxylic acids is 1. The average molecular weight is 730 g/mol. The Morgan fingerprint density at radius 1 is 0.830 bits per heavy atom. The van der Waals surface area contributed by atoms with Crippen molar-refractivity contribution >= 4 is 45.8 Å². The third kappa shape index (κ3) is 12.8. The molecule has 5 heterocycles. The zero-order chi connectivity index (χ0) is 39.6. The molecule has 0 fully saturated rings. The molecule has 0 aliphatic carbocycles. The van der Waals surface area contributed by atoms with Gasteiger partial charge in [0.1, 0.15) is 29.1 Å². The van der Waals surface area contributed by atoms with Crippen molar-refractivity contribution in [2.24, 2.45) is 0 Å². The summed E-state index contributed by atoms with van der Waals surface area (Å²) in [4.78, 5) is 40.6. The molecule has 15 heteroatoms. The largest absolute Gasteiger partial charge is 0.462 e. The van der Waals surface area contributed by atoms with Crippen molar-refractivity contribution in [2.45, 2.75) is 78.7 Å². The van der Waals surface area contributed by atoms with E-state index in [2.05, 4.69) is 30.6 Å². The predicted molar refractivity (Wildman–Crippen MR) is 208 cm³/mol. The van der Waals surface area contributed by atoms with Gasteiger partial charge in [-0.15, -0.1) is 0 Å². The van der Waals surface area contributed by atoms with Gasteiger partial charge in [0.15, 0.2) is 0 Å². The number of hydrogen-bond donors (Lipinski definition) is 7. The molecule has 0 aliphatic heterocycles. The first kappa shape index (κ1) is 41.8. The molecule has 15 nitrogen and oxygen atoms in total. The van der Waals surface area contributed by atoms with Crippen LogP contribution in [0.15, 0.2) is 78.1 Å². The van der Waals surface area contributed by atoms with Crippen molar-refractivity contribution in [3.8, 4) is 0 Å². The highest BCUT2D eigenvalue weighted by molar-refractivity contribution is 5.93. The number of nitrogens with one attached hydrogen (secondary N) is 2. The van der Waals surface area contributed by atoms with Crippen molar-refractivity contribution < 1.29 is 24.9 Å². The molecule has 0 spiro atoms. The topological polar surface area (TPSA) is 237 Å². The minimum absolute atomic E-state index is 0.121. The van der Waals surface area contributed by atoms with Gasteiger partial charge in [0.2, 0.25) is 0 Å². The smallest absolute Gasteiger partial charge is 0.338 e. The lowest BCUT2D eigenvalue weighted by Crippen LogP contribution is -2.29. The summed E-state index contributed by atoms with van der Waals surface area (Å²) < 4.78 is 6.23. The Kier molecular flexibility index (Phi) is 14.0. The molecule has 0 atom stereocenters. The normalized spacial score (nSPS) is 11.5. The van der Waals surface area contributed by atoms with Crippen LogP contribution < -0.4 is 27.7 Å². The maximum atomic E-state index is 13.0. The number of nitrogens with zero attached hydrogens (tertiary/aromatic N) is 5. The number of esters is 1. The Hall–Kier alpha value is -5.64. The van der Waals surface area contributed by atoms with E-state index in [1.54, 1.807) is 89.6 Å². The molecule has 5 rings (SSSR count). The fraction of sp³-hybridized carbons (Fsp3) is 0.368. The minimum atomic E-state index is -0.993.